The Bertz CT molecular complexity index is 323. The van der Waals surface area contributed by atoms with Crippen molar-refractivity contribution in [3.8, 4) is 0 Å². The van der Waals surface area contributed by atoms with Gasteiger partial charge in [-0.1, -0.05) is 58.8 Å². The first-order valence-electron chi connectivity index (χ1n) is 11.7. The quantitative estimate of drug-likeness (QED) is 0.274. The van der Waals surface area contributed by atoms with Gasteiger partial charge in [-0.2, -0.15) is 0 Å². The van der Waals surface area contributed by atoms with E-state index >= 15 is 0 Å². The first-order chi connectivity index (χ1) is 13.2. The summed E-state index contributed by atoms with van der Waals surface area (Å²) in [5.41, 5.74) is 0. The van der Waals surface area contributed by atoms with Crippen molar-refractivity contribution in [1.29, 1.82) is 0 Å². The number of rotatable bonds is 21. The van der Waals surface area contributed by atoms with Crippen LogP contribution in [0.4, 0.5) is 0 Å². The molecule has 0 bridgehead atoms. The van der Waals surface area contributed by atoms with Gasteiger partial charge in [-0.15, -0.1) is 0 Å². The van der Waals surface area contributed by atoms with Gasteiger partial charge in [-0.25, -0.2) is 0 Å². The van der Waals surface area contributed by atoms with Crippen molar-refractivity contribution in [2.24, 2.45) is 5.92 Å². The molecule has 162 valence electrons. The predicted octanol–water partition coefficient (Wildman–Crippen LogP) is 4.96. The Morgan fingerprint density at radius 2 is 1.37 bits per heavy atom. The van der Waals surface area contributed by atoms with Gasteiger partial charge in [0.25, 0.3) is 0 Å². The number of nitrogens with zero attached hydrogens (tertiary/aromatic N) is 1. The fraction of sp³-hybridized carbons (Fsp3) is 0.957. The predicted molar refractivity (Wildman–Crippen MR) is 115 cm³/mol. The first-order valence-corrected chi connectivity index (χ1v) is 11.7. The van der Waals surface area contributed by atoms with Crippen LogP contribution in [0.15, 0.2) is 0 Å². The maximum Gasteiger partial charge on any atom is 0.135 e. The van der Waals surface area contributed by atoms with Crippen LogP contribution in [-0.2, 0) is 4.79 Å². The topological polar surface area (TPSA) is 60.8 Å². The molecule has 1 atom stereocenters. The second kappa shape index (κ2) is 20.3. The standard InChI is InChI=1S/C23H47NO3/c1-3-5-6-7-8-10-15-22(4-2)23(27)16-11-9-12-17-24(19-21-26)18-13-14-20-25/h22,25-26H,3-21H2,1-2H3. The summed E-state index contributed by atoms with van der Waals surface area (Å²) in [7, 11) is 0. The lowest BCUT2D eigenvalue weighted by Gasteiger charge is -2.21. The van der Waals surface area contributed by atoms with Crippen LogP contribution in [-0.4, -0.2) is 53.7 Å². The molecule has 2 N–H and O–H groups in total. The highest BCUT2D eigenvalue weighted by Crippen LogP contribution is 2.19. The first kappa shape index (κ1) is 26.6. The van der Waals surface area contributed by atoms with Crippen molar-refractivity contribution < 1.29 is 15.0 Å². The van der Waals surface area contributed by atoms with Gasteiger partial charge in [0, 0.05) is 25.5 Å². The molecule has 0 aromatic rings. The van der Waals surface area contributed by atoms with Crippen LogP contribution in [0.5, 0.6) is 0 Å². The second-order valence-electron chi connectivity index (χ2n) is 7.93. The van der Waals surface area contributed by atoms with Crippen molar-refractivity contribution in [2.45, 2.75) is 104 Å². The van der Waals surface area contributed by atoms with Gasteiger partial charge in [0.05, 0.1) is 6.61 Å². The molecular weight excluding hydrogens is 338 g/mol. The number of Topliss-reactive ketones (excluding diaryl/α,β-unsaturated/α-hetero) is 1. The number of hydrogen-bond acceptors (Lipinski definition) is 4. The summed E-state index contributed by atoms with van der Waals surface area (Å²) in [6, 6.07) is 0. The number of carbonyl (C=O) groups excluding carboxylic acids is 1. The lowest BCUT2D eigenvalue weighted by atomic mass is 9.91. The summed E-state index contributed by atoms with van der Waals surface area (Å²) in [6.45, 7) is 7.46. The monoisotopic (exact) mass is 385 g/mol. The highest BCUT2D eigenvalue weighted by Gasteiger charge is 2.15. The minimum atomic E-state index is 0.189. The lowest BCUT2D eigenvalue weighted by molar-refractivity contribution is -0.123. The third-order valence-corrected chi connectivity index (χ3v) is 5.55. The summed E-state index contributed by atoms with van der Waals surface area (Å²) in [5.74, 6) is 0.752. The van der Waals surface area contributed by atoms with E-state index in [9.17, 15) is 4.79 Å². The molecule has 0 aliphatic rings. The maximum atomic E-state index is 12.4. The minimum Gasteiger partial charge on any atom is -0.396 e. The normalized spacial score (nSPS) is 12.6. The molecule has 0 aliphatic heterocycles. The van der Waals surface area contributed by atoms with E-state index in [0.29, 0.717) is 12.3 Å². The average Bonchev–Trinajstić information content (AvgIpc) is 2.67. The molecule has 0 aromatic carbocycles. The van der Waals surface area contributed by atoms with Gasteiger partial charge < -0.3 is 15.1 Å². The van der Waals surface area contributed by atoms with E-state index in [2.05, 4.69) is 18.7 Å². The molecule has 0 heterocycles. The number of hydrogen-bond donors (Lipinski definition) is 2. The van der Waals surface area contributed by atoms with Crippen molar-refractivity contribution in [3.05, 3.63) is 0 Å². The van der Waals surface area contributed by atoms with E-state index in [4.69, 9.17) is 10.2 Å². The van der Waals surface area contributed by atoms with Crippen molar-refractivity contribution in [1.82, 2.24) is 4.90 Å². The van der Waals surface area contributed by atoms with Gasteiger partial charge in [0.15, 0.2) is 0 Å². The SMILES string of the molecule is CCCCCCCCC(CC)C(=O)CCCCCN(CCO)CCCCO. The van der Waals surface area contributed by atoms with Crippen LogP contribution in [0.2, 0.25) is 0 Å². The van der Waals surface area contributed by atoms with E-state index in [0.717, 1.165) is 64.5 Å². The lowest BCUT2D eigenvalue weighted by Crippen LogP contribution is -2.29. The van der Waals surface area contributed by atoms with Crippen LogP contribution >= 0.6 is 0 Å². The summed E-state index contributed by atoms with van der Waals surface area (Å²) >= 11 is 0. The zero-order valence-electron chi connectivity index (χ0n) is 18.3. The van der Waals surface area contributed by atoms with Gasteiger partial charge >= 0.3 is 0 Å². The third-order valence-electron chi connectivity index (χ3n) is 5.55. The third kappa shape index (κ3) is 16.2. The van der Waals surface area contributed by atoms with Crippen LogP contribution in [0, 0.1) is 5.92 Å². The molecule has 0 radical (unpaired) electrons. The smallest absolute Gasteiger partial charge is 0.135 e. The Morgan fingerprint density at radius 3 is 2.00 bits per heavy atom. The number of ketones is 1. The fourth-order valence-corrected chi connectivity index (χ4v) is 3.70. The highest BCUT2D eigenvalue weighted by molar-refractivity contribution is 5.80. The summed E-state index contributed by atoms with van der Waals surface area (Å²) in [4.78, 5) is 14.7. The molecule has 0 fully saturated rings. The van der Waals surface area contributed by atoms with Gasteiger partial charge in [0.2, 0.25) is 0 Å². The van der Waals surface area contributed by atoms with Crippen molar-refractivity contribution in [2.75, 3.05) is 32.8 Å². The van der Waals surface area contributed by atoms with Crippen molar-refractivity contribution in [3.63, 3.8) is 0 Å². The van der Waals surface area contributed by atoms with Gasteiger partial charge in [0.1, 0.15) is 5.78 Å². The summed E-state index contributed by atoms with van der Waals surface area (Å²) in [6.07, 6.45) is 15.5. The zero-order chi connectivity index (χ0) is 20.2. The Kier molecular flexibility index (Phi) is 20.0. The average molecular weight is 386 g/mol. The Labute approximate surface area is 168 Å². The fourth-order valence-electron chi connectivity index (χ4n) is 3.70. The van der Waals surface area contributed by atoms with E-state index < -0.39 is 0 Å². The van der Waals surface area contributed by atoms with Gasteiger partial charge in [-0.05, 0) is 51.6 Å². The molecule has 0 saturated heterocycles. The van der Waals surface area contributed by atoms with E-state index in [1.54, 1.807) is 0 Å². The Hall–Kier alpha value is -0.450. The van der Waals surface area contributed by atoms with Crippen LogP contribution in [0.1, 0.15) is 104 Å². The van der Waals surface area contributed by atoms with Crippen molar-refractivity contribution >= 4 is 5.78 Å². The maximum absolute atomic E-state index is 12.4. The molecule has 0 rings (SSSR count). The molecule has 4 heteroatoms. The molecule has 27 heavy (non-hydrogen) atoms. The molecular formula is C23H47NO3. The number of carbonyl (C=O) groups is 1. The summed E-state index contributed by atoms with van der Waals surface area (Å²) in [5, 5.41) is 18.0. The second-order valence-corrected chi connectivity index (χ2v) is 7.93. The number of aliphatic hydroxyl groups excluding tert-OH is 2. The molecule has 0 saturated carbocycles. The van der Waals surface area contributed by atoms with E-state index in [-0.39, 0.29) is 19.1 Å². The van der Waals surface area contributed by atoms with Gasteiger partial charge in [-0.3, -0.25) is 4.79 Å². The minimum absolute atomic E-state index is 0.189. The Morgan fingerprint density at radius 1 is 0.741 bits per heavy atom. The molecule has 4 nitrogen and oxygen atoms in total. The largest absolute Gasteiger partial charge is 0.396 e. The number of aliphatic hydroxyl groups is 2. The molecule has 0 aromatic heterocycles. The van der Waals surface area contributed by atoms with Crippen LogP contribution < -0.4 is 0 Å². The molecule has 1 unspecified atom stereocenters. The zero-order valence-corrected chi connectivity index (χ0v) is 18.3. The highest BCUT2D eigenvalue weighted by atomic mass is 16.3. The Balaban J connectivity index is 3.80. The number of unbranched alkanes of at least 4 members (excludes halogenated alkanes) is 8. The molecule has 0 amide bonds. The van der Waals surface area contributed by atoms with E-state index in [1.165, 1.54) is 38.5 Å². The van der Waals surface area contributed by atoms with Crippen LogP contribution in [0.25, 0.3) is 0 Å². The van der Waals surface area contributed by atoms with E-state index in [1.807, 2.05) is 0 Å². The summed E-state index contributed by atoms with van der Waals surface area (Å²) < 4.78 is 0. The van der Waals surface area contributed by atoms with Crippen LogP contribution in [0.3, 0.4) is 0 Å². The molecule has 0 spiro atoms. The molecule has 0 aliphatic carbocycles.